The Bertz CT molecular complexity index is 767. The van der Waals surface area contributed by atoms with Gasteiger partial charge in [-0.05, 0) is 43.9 Å². The Morgan fingerprint density at radius 3 is 2.46 bits per heavy atom. The minimum absolute atomic E-state index is 0.106. The monoisotopic (exact) mass is 408 g/mol. The van der Waals surface area contributed by atoms with E-state index in [0.717, 1.165) is 38.8 Å². The highest BCUT2D eigenvalue weighted by Crippen LogP contribution is 2.23. The van der Waals surface area contributed by atoms with Gasteiger partial charge in [0.25, 0.3) is 0 Å². The standard InChI is InChI=1S/C20H32N4O3S/c1-16(2)21-17-8-12-23(13-9-17)15-20(25)22-18-6-5-7-19(14-18)28(26,27)24-10-3-4-11-24/h5-7,14,16-17,21H,3-4,8-13,15H2,1-2H3,(H,22,25). The third kappa shape index (κ3) is 5.53. The number of carbonyl (C=O) groups excluding carboxylic acids is 1. The SMILES string of the molecule is CC(C)NC1CCN(CC(=O)Nc2cccc(S(=O)(=O)N3CCCC3)c2)CC1. The summed E-state index contributed by atoms with van der Waals surface area (Å²) >= 11 is 0. The molecule has 1 amide bonds. The smallest absolute Gasteiger partial charge is 0.243 e. The third-order valence-electron chi connectivity index (χ3n) is 5.34. The van der Waals surface area contributed by atoms with Crippen LogP contribution in [-0.2, 0) is 14.8 Å². The fourth-order valence-electron chi connectivity index (χ4n) is 3.94. The van der Waals surface area contributed by atoms with Crippen LogP contribution in [0.25, 0.3) is 0 Å². The van der Waals surface area contributed by atoms with E-state index in [9.17, 15) is 13.2 Å². The van der Waals surface area contributed by atoms with E-state index >= 15 is 0 Å². The summed E-state index contributed by atoms with van der Waals surface area (Å²) in [6.45, 7) is 7.55. The zero-order valence-electron chi connectivity index (χ0n) is 16.9. The van der Waals surface area contributed by atoms with Crippen molar-refractivity contribution < 1.29 is 13.2 Å². The molecule has 2 aliphatic heterocycles. The molecule has 0 saturated carbocycles. The zero-order chi connectivity index (χ0) is 20.1. The van der Waals surface area contributed by atoms with Gasteiger partial charge in [0.15, 0.2) is 0 Å². The van der Waals surface area contributed by atoms with Crippen molar-refractivity contribution in [2.24, 2.45) is 0 Å². The van der Waals surface area contributed by atoms with Crippen LogP contribution < -0.4 is 10.6 Å². The van der Waals surface area contributed by atoms with Gasteiger partial charge in [0, 0.05) is 44.0 Å². The maximum absolute atomic E-state index is 12.7. The van der Waals surface area contributed by atoms with Crippen molar-refractivity contribution in [2.75, 3.05) is 38.0 Å². The number of amides is 1. The molecule has 0 aliphatic carbocycles. The minimum atomic E-state index is -3.48. The molecule has 8 heteroatoms. The van der Waals surface area contributed by atoms with Gasteiger partial charge in [-0.1, -0.05) is 19.9 Å². The highest BCUT2D eigenvalue weighted by atomic mass is 32.2. The number of sulfonamides is 1. The Morgan fingerprint density at radius 2 is 1.82 bits per heavy atom. The molecule has 0 aromatic heterocycles. The highest BCUT2D eigenvalue weighted by Gasteiger charge is 2.27. The van der Waals surface area contributed by atoms with Gasteiger partial charge >= 0.3 is 0 Å². The first-order valence-electron chi connectivity index (χ1n) is 10.2. The Balaban J connectivity index is 1.54. The quantitative estimate of drug-likeness (QED) is 0.720. The maximum Gasteiger partial charge on any atom is 0.243 e. The Labute approximate surface area is 168 Å². The van der Waals surface area contributed by atoms with Crippen molar-refractivity contribution in [3.8, 4) is 0 Å². The molecule has 0 bridgehead atoms. The molecule has 2 heterocycles. The summed E-state index contributed by atoms with van der Waals surface area (Å²) in [6.07, 6.45) is 3.88. The van der Waals surface area contributed by atoms with E-state index in [1.807, 2.05) is 0 Å². The van der Waals surface area contributed by atoms with Gasteiger partial charge in [0.05, 0.1) is 11.4 Å². The molecule has 1 aromatic carbocycles. The van der Waals surface area contributed by atoms with E-state index in [1.54, 1.807) is 24.3 Å². The normalized spacial score (nSPS) is 20.0. The van der Waals surface area contributed by atoms with Crippen molar-refractivity contribution in [1.29, 1.82) is 0 Å². The fraction of sp³-hybridized carbons (Fsp3) is 0.650. The molecule has 2 fully saturated rings. The van der Waals surface area contributed by atoms with Crippen molar-refractivity contribution in [2.45, 2.75) is 56.5 Å². The largest absolute Gasteiger partial charge is 0.325 e. The van der Waals surface area contributed by atoms with E-state index in [1.165, 1.54) is 4.31 Å². The van der Waals surface area contributed by atoms with Crippen LogP contribution in [0.5, 0.6) is 0 Å². The van der Waals surface area contributed by atoms with Gasteiger partial charge in [0.1, 0.15) is 0 Å². The summed E-state index contributed by atoms with van der Waals surface area (Å²) in [6, 6.07) is 7.57. The predicted molar refractivity (Wildman–Crippen MR) is 111 cm³/mol. The van der Waals surface area contributed by atoms with E-state index in [4.69, 9.17) is 0 Å². The molecular weight excluding hydrogens is 376 g/mol. The molecule has 3 rings (SSSR count). The molecule has 0 spiro atoms. The van der Waals surface area contributed by atoms with Crippen molar-refractivity contribution in [3.63, 3.8) is 0 Å². The number of hydrogen-bond donors (Lipinski definition) is 2. The number of rotatable bonds is 7. The Morgan fingerprint density at radius 1 is 1.14 bits per heavy atom. The summed E-state index contributed by atoms with van der Waals surface area (Å²) in [4.78, 5) is 14.8. The lowest BCUT2D eigenvalue weighted by Crippen LogP contribution is -2.46. The van der Waals surface area contributed by atoms with E-state index in [-0.39, 0.29) is 10.8 Å². The first-order chi connectivity index (χ1) is 13.3. The molecule has 0 radical (unpaired) electrons. The van der Waals surface area contributed by atoms with Crippen LogP contribution in [0.3, 0.4) is 0 Å². The number of carbonyl (C=O) groups is 1. The van der Waals surface area contributed by atoms with Gasteiger partial charge in [-0.25, -0.2) is 8.42 Å². The number of nitrogens with one attached hydrogen (secondary N) is 2. The maximum atomic E-state index is 12.7. The summed E-state index contributed by atoms with van der Waals surface area (Å²) in [5, 5.41) is 6.41. The van der Waals surface area contributed by atoms with Crippen LogP contribution in [0.15, 0.2) is 29.2 Å². The number of anilines is 1. The molecule has 28 heavy (non-hydrogen) atoms. The number of piperidine rings is 1. The summed E-state index contributed by atoms with van der Waals surface area (Å²) in [5.74, 6) is -0.106. The van der Waals surface area contributed by atoms with Crippen LogP contribution in [0.4, 0.5) is 5.69 Å². The molecule has 2 saturated heterocycles. The summed E-state index contributed by atoms with van der Waals surface area (Å²) < 4.78 is 26.9. The van der Waals surface area contributed by atoms with E-state index < -0.39 is 10.0 Å². The van der Waals surface area contributed by atoms with Gasteiger partial charge in [-0.2, -0.15) is 4.31 Å². The third-order valence-corrected chi connectivity index (χ3v) is 7.24. The minimum Gasteiger partial charge on any atom is -0.325 e. The number of benzene rings is 1. The average Bonchev–Trinajstić information content (AvgIpc) is 3.19. The molecule has 156 valence electrons. The lowest BCUT2D eigenvalue weighted by molar-refractivity contribution is -0.117. The van der Waals surface area contributed by atoms with Gasteiger partial charge < -0.3 is 10.6 Å². The van der Waals surface area contributed by atoms with Crippen molar-refractivity contribution >= 4 is 21.6 Å². The zero-order valence-corrected chi connectivity index (χ0v) is 17.7. The molecule has 2 N–H and O–H groups in total. The van der Waals surface area contributed by atoms with Crippen LogP contribution in [0, 0.1) is 0 Å². The van der Waals surface area contributed by atoms with Crippen molar-refractivity contribution in [3.05, 3.63) is 24.3 Å². The molecule has 2 aliphatic rings. The second-order valence-electron chi connectivity index (χ2n) is 8.06. The van der Waals surface area contributed by atoms with Crippen LogP contribution >= 0.6 is 0 Å². The van der Waals surface area contributed by atoms with Crippen LogP contribution in [-0.4, -0.2) is 68.3 Å². The molecule has 0 atom stereocenters. The number of hydrogen-bond acceptors (Lipinski definition) is 5. The van der Waals surface area contributed by atoms with E-state index in [0.29, 0.717) is 37.4 Å². The van der Waals surface area contributed by atoms with Gasteiger partial charge in [-0.15, -0.1) is 0 Å². The van der Waals surface area contributed by atoms with Gasteiger partial charge in [0.2, 0.25) is 15.9 Å². The lowest BCUT2D eigenvalue weighted by Gasteiger charge is -2.32. The summed E-state index contributed by atoms with van der Waals surface area (Å²) in [5.41, 5.74) is 0.529. The molecule has 1 aromatic rings. The first kappa shape index (κ1) is 21.2. The van der Waals surface area contributed by atoms with Crippen LogP contribution in [0.1, 0.15) is 39.5 Å². The molecule has 7 nitrogen and oxygen atoms in total. The number of nitrogens with zero attached hydrogens (tertiary/aromatic N) is 2. The summed E-state index contributed by atoms with van der Waals surface area (Å²) in [7, 11) is -3.48. The van der Waals surface area contributed by atoms with Crippen molar-refractivity contribution in [1.82, 2.24) is 14.5 Å². The molecule has 0 unspecified atom stereocenters. The Kier molecular flexibility index (Phi) is 7.09. The lowest BCUT2D eigenvalue weighted by atomic mass is 10.0. The topological polar surface area (TPSA) is 81.8 Å². The van der Waals surface area contributed by atoms with Gasteiger partial charge in [-0.3, -0.25) is 9.69 Å². The second kappa shape index (κ2) is 9.35. The fourth-order valence-corrected chi connectivity index (χ4v) is 5.51. The highest BCUT2D eigenvalue weighted by molar-refractivity contribution is 7.89. The van der Waals surface area contributed by atoms with Crippen LogP contribution in [0.2, 0.25) is 0 Å². The average molecular weight is 409 g/mol. The Hall–Kier alpha value is -1.48. The number of likely N-dealkylation sites (tertiary alicyclic amines) is 1. The predicted octanol–water partition coefficient (Wildman–Crippen LogP) is 1.87. The second-order valence-corrected chi connectivity index (χ2v) is 10.00. The first-order valence-corrected chi connectivity index (χ1v) is 11.7. The van der Waals surface area contributed by atoms with E-state index in [2.05, 4.69) is 29.4 Å². The molecular formula is C20H32N4O3S.